The summed E-state index contributed by atoms with van der Waals surface area (Å²) in [5, 5.41) is 0. The van der Waals surface area contributed by atoms with E-state index in [1.807, 2.05) is 11.8 Å². The molecule has 0 heterocycles. The van der Waals surface area contributed by atoms with Crippen molar-refractivity contribution in [1.82, 2.24) is 0 Å². The molecule has 0 radical (unpaired) electrons. The molecule has 13 heavy (non-hydrogen) atoms. The number of hydrogen-bond acceptors (Lipinski definition) is 1. The van der Waals surface area contributed by atoms with Crippen molar-refractivity contribution < 1.29 is 0 Å². The van der Waals surface area contributed by atoms with Gasteiger partial charge in [0.25, 0.3) is 0 Å². The summed E-state index contributed by atoms with van der Waals surface area (Å²) < 4.78 is 0. The molecule has 0 aliphatic heterocycles. The van der Waals surface area contributed by atoms with Crippen LogP contribution in [0.1, 0.15) is 53.4 Å². The minimum atomic E-state index is 1.15. The van der Waals surface area contributed by atoms with Gasteiger partial charge in [0.2, 0.25) is 0 Å². The van der Waals surface area contributed by atoms with Crippen LogP contribution in [0.4, 0.5) is 0 Å². The summed E-state index contributed by atoms with van der Waals surface area (Å²) in [5.41, 5.74) is 0. The number of rotatable bonds is 6. The van der Waals surface area contributed by atoms with E-state index in [1.165, 1.54) is 22.7 Å². The van der Waals surface area contributed by atoms with Crippen LogP contribution in [0, 0.1) is 0 Å². The van der Waals surface area contributed by atoms with Crippen LogP contribution in [0.15, 0.2) is 22.0 Å². The summed E-state index contributed by atoms with van der Waals surface area (Å²) in [6, 6.07) is 0. The maximum atomic E-state index is 2.34. The molecule has 0 fully saturated rings. The molecule has 0 unspecified atom stereocenters. The number of allylic oxidation sites excluding steroid dienone is 4. The second-order valence-corrected chi connectivity index (χ2v) is 4.22. The van der Waals surface area contributed by atoms with Crippen LogP contribution < -0.4 is 0 Å². The van der Waals surface area contributed by atoms with Gasteiger partial charge in [0.15, 0.2) is 0 Å². The highest BCUT2D eigenvalue weighted by molar-refractivity contribution is 8.06. The molecule has 0 aromatic heterocycles. The Bertz CT molecular complexity index is 158. The Morgan fingerprint density at radius 2 is 1.23 bits per heavy atom. The average Bonchev–Trinajstić information content (AvgIpc) is 2.16. The van der Waals surface area contributed by atoms with Crippen LogP contribution in [-0.4, -0.2) is 0 Å². The summed E-state index contributed by atoms with van der Waals surface area (Å²) in [4.78, 5) is 3.04. The molecule has 0 aliphatic carbocycles. The Morgan fingerprint density at radius 1 is 0.846 bits per heavy atom. The Hall–Kier alpha value is -0.170. The minimum absolute atomic E-state index is 1.15. The molecule has 0 bridgehead atoms. The van der Waals surface area contributed by atoms with Gasteiger partial charge in [-0.25, -0.2) is 0 Å². The van der Waals surface area contributed by atoms with E-state index < -0.39 is 0 Å². The van der Waals surface area contributed by atoms with E-state index in [0.29, 0.717) is 0 Å². The molecule has 0 aliphatic rings. The van der Waals surface area contributed by atoms with Gasteiger partial charge in [-0.1, -0.05) is 51.6 Å². The topological polar surface area (TPSA) is 0 Å². The first-order valence-electron chi connectivity index (χ1n) is 5.34. The summed E-state index contributed by atoms with van der Waals surface area (Å²) in [6.07, 6.45) is 9.31. The third-order valence-electron chi connectivity index (χ3n) is 1.82. The Balaban J connectivity index is 4.19. The van der Waals surface area contributed by atoms with Crippen LogP contribution in [0.3, 0.4) is 0 Å². The zero-order chi connectivity index (χ0) is 10.1. The van der Waals surface area contributed by atoms with Crippen LogP contribution >= 0.6 is 11.8 Å². The molecule has 0 N–H and O–H groups in total. The maximum absolute atomic E-state index is 2.34. The molecule has 0 spiro atoms. The maximum Gasteiger partial charge on any atom is -0.0148 e. The van der Waals surface area contributed by atoms with Gasteiger partial charge in [0, 0.05) is 0 Å². The highest BCUT2D eigenvalue weighted by Crippen LogP contribution is 2.30. The second kappa shape index (κ2) is 8.43. The van der Waals surface area contributed by atoms with Gasteiger partial charge in [-0.05, 0) is 35.5 Å². The van der Waals surface area contributed by atoms with Gasteiger partial charge in [-0.15, -0.1) is 0 Å². The van der Waals surface area contributed by atoms with E-state index >= 15 is 0 Å². The molecule has 0 rings (SSSR count). The molecular formula is C12H22S. The highest BCUT2D eigenvalue weighted by Gasteiger charge is 1.98. The molecule has 0 atom stereocenters. The van der Waals surface area contributed by atoms with Crippen molar-refractivity contribution in [1.29, 1.82) is 0 Å². The molecule has 76 valence electrons. The zero-order valence-corrected chi connectivity index (χ0v) is 10.2. The van der Waals surface area contributed by atoms with E-state index in [-0.39, 0.29) is 0 Å². The molecular weight excluding hydrogens is 176 g/mol. The minimum Gasteiger partial charge on any atom is -0.0997 e. The second-order valence-electron chi connectivity index (χ2n) is 2.97. The van der Waals surface area contributed by atoms with E-state index in [9.17, 15) is 0 Å². The van der Waals surface area contributed by atoms with Crippen molar-refractivity contribution in [3.05, 3.63) is 22.0 Å². The molecule has 1 heteroatoms. The Morgan fingerprint density at radius 3 is 1.46 bits per heavy atom. The summed E-state index contributed by atoms with van der Waals surface area (Å²) in [6.45, 7) is 8.86. The van der Waals surface area contributed by atoms with Crippen molar-refractivity contribution in [3.63, 3.8) is 0 Å². The first kappa shape index (κ1) is 12.8. The lowest BCUT2D eigenvalue weighted by Crippen LogP contribution is -1.78. The number of hydrogen-bond donors (Lipinski definition) is 0. The van der Waals surface area contributed by atoms with Crippen molar-refractivity contribution in [2.45, 2.75) is 53.4 Å². The molecule has 0 amide bonds. The van der Waals surface area contributed by atoms with E-state index in [0.717, 1.165) is 12.8 Å². The predicted octanol–water partition coefficient (Wildman–Crippen LogP) is 5.13. The lowest BCUT2D eigenvalue weighted by atomic mass is 10.3. The van der Waals surface area contributed by atoms with E-state index in [1.54, 1.807) is 0 Å². The highest BCUT2D eigenvalue weighted by atomic mass is 32.2. The lowest BCUT2D eigenvalue weighted by Gasteiger charge is -2.06. The fraction of sp³-hybridized carbons (Fsp3) is 0.667. The Labute approximate surface area is 87.5 Å². The van der Waals surface area contributed by atoms with Crippen LogP contribution in [0.2, 0.25) is 0 Å². The third-order valence-corrected chi connectivity index (χ3v) is 3.26. The monoisotopic (exact) mass is 198 g/mol. The van der Waals surface area contributed by atoms with Gasteiger partial charge < -0.3 is 0 Å². The zero-order valence-electron chi connectivity index (χ0n) is 9.39. The smallest absolute Gasteiger partial charge is 0.0148 e. The van der Waals surface area contributed by atoms with Crippen molar-refractivity contribution in [3.8, 4) is 0 Å². The standard InChI is InChI=1S/C12H22S/c1-5-9-11(7-3)13-12(8-4)10-6-2/h9-10H,5-8H2,1-4H3/b11-9+,12-10+. The summed E-state index contributed by atoms with van der Waals surface area (Å²) in [7, 11) is 0. The van der Waals surface area contributed by atoms with Gasteiger partial charge in [0.1, 0.15) is 0 Å². The predicted molar refractivity (Wildman–Crippen MR) is 64.9 cm³/mol. The average molecular weight is 198 g/mol. The van der Waals surface area contributed by atoms with Gasteiger partial charge in [0.05, 0.1) is 0 Å². The Kier molecular flexibility index (Phi) is 8.32. The van der Waals surface area contributed by atoms with Crippen LogP contribution in [0.25, 0.3) is 0 Å². The first-order valence-corrected chi connectivity index (χ1v) is 6.15. The molecule has 0 aromatic rings. The largest absolute Gasteiger partial charge is 0.0997 e. The van der Waals surface area contributed by atoms with Crippen LogP contribution in [-0.2, 0) is 0 Å². The van der Waals surface area contributed by atoms with E-state index in [4.69, 9.17) is 0 Å². The van der Waals surface area contributed by atoms with Crippen molar-refractivity contribution >= 4 is 11.8 Å². The van der Waals surface area contributed by atoms with E-state index in [2.05, 4.69) is 39.8 Å². The number of thioether (sulfide) groups is 1. The fourth-order valence-corrected chi connectivity index (χ4v) is 2.27. The molecule has 0 saturated heterocycles. The fourth-order valence-electron chi connectivity index (χ4n) is 1.14. The molecule has 0 aromatic carbocycles. The van der Waals surface area contributed by atoms with Gasteiger partial charge >= 0.3 is 0 Å². The van der Waals surface area contributed by atoms with Gasteiger partial charge in [-0.3, -0.25) is 0 Å². The van der Waals surface area contributed by atoms with Crippen molar-refractivity contribution in [2.75, 3.05) is 0 Å². The van der Waals surface area contributed by atoms with Crippen molar-refractivity contribution in [2.24, 2.45) is 0 Å². The lowest BCUT2D eigenvalue weighted by molar-refractivity contribution is 1.12. The third kappa shape index (κ3) is 5.98. The van der Waals surface area contributed by atoms with Gasteiger partial charge in [-0.2, -0.15) is 0 Å². The summed E-state index contributed by atoms with van der Waals surface area (Å²) >= 11 is 1.96. The SMILES string of the molecule is CC/C=C(\CC)S/C(=C/CC)CC. The summed E-state index contributed by atoms with van der Waals surface area (Å²) in [5.74, 6) is 0. The molecule has 0 saturated carbocycles. The normalized spacial score (nSPS) is 13.5. The van der Waals surface area contributed by atoms with Crippen LogP contribution in [0.5, 0.6) is 0 Å². The molecule has 0 nitrogen and oxygen atoms in total. The quantitative estimate of drug-likeness (QED) is 0.570. The first-order chi connectivity index (χ1) is 6.28.